The van der Waals surface area contributed by atoms with E-state index in [0.717, 1.165) is 17.0 Å². The Balaban J connectivity index is 1.72. The highest BCUT2D eigenvalue weighted by Gasteiger charge is 2.19. The summed E-state index contributed by atoms with van der Waals surface area (Å²) in [5.74, 6) is 0.741. The maximum Gasteiger partial charge on any atom is 0.295 e. The van der Waals surface area contributed by atoms with Crippen LogP contribution in [0.3, 0.4) is 0 Å². The van der Waals surface area contributed by atoms with Gasteiger partial charge in [0.25, 0.3) is 5.91 Å². The summed E-state index contributed by atoms with van der Waals surface area (Å²) in [6, 6.07) is 19.3. The Morgan fingerprint density at radius 2 is 1.69 bits per heavy atom. The highest BCUT2D eigenvalue weighted by molar-refractivity contribution is 6.42. The molecule has 0 aliphatic carbocycles. The maximum atomic E-state index is 12.9. The lowest BCUT2D eigenvalue weighted by Crippen LogP contribution is -2.14. The second-order valence-electron chi connectivity index (χ2n) is 6.69. The van der Waals surface area contributed by atoms with Crippen LogP contribution in [0.1, 0.15) is 17.5 Å². The lowest BCUT2D eigenvalue weighted by Gasteiger charge is -2.08. The molecule has 32 heavy (non-hydrogen) atoms. The van der Waals surface area contributed by atoms with E-state index in [2.05, 4.69) is 15.4 Å². The van der Waals surface area contributed by atoms with Gasteiger partial charge in [0.15, 0.2) is 5.82 Å². The van der Waals surface area contributed by atoms with Crippen molar-refractivity contribution in [2.24, 2.45) is 0 Å². The van der Waals surface area contributed by atoms with E-state index in [1.54, 1.807) is 35.0 Å². The van der Waals surface area contributed by atoms with Crippen molar-refractivity contribution in [1.29, 1.82) is 0 Å². The van der Waals surface area contributed by atoms with E-state index in [4.69, 9.17) is 39.5 Å². The first-order valence-electron chi connectivity index (χ1n) is 9.67. The number of carbonyl (C=O) groups excluding carboxylic acids is 1. The average molecular weight is 488 g/mol. The number of hydrogen-bond donors (Lipinski definition) is 1. The highest BCUT2D eigenvalue weighted by atomic mass is 35.5. The van der Waals surface area contributed by atoms with Gasteiger partial charge >= 0.3 is 0 Å². The van der Waals surface area contributed by atoms with E-state index in [-0.39, 0.29) is 5.82 Å². The molecule has 0 atom stereocenters. The Bertz CT molecular complexity index is 1260. The standard InChI is InChI=1S/C23H17Cl3N4O2/c1-2-32-18-10-8-17(9-11-18)30-22(14-3-5-15(24)6-4-14)28-21(29-30)23(31)27-16-7-12-19(25)20(26)13-16/h3-13H,2H2,1H3,(H,27,31). The summed E-state index contributed by atoms with van der Waals surface area (Å²) in [6.07, 6.45) is 0. The van der Waals surface area contributed by atoms with Crippen molar-refractivity contribution in [3.05, 3.63) is 87.6 Å². The van der Waals surface area contributed by atoms with Crippen molar-refractivity contribution < 1.29 is 9.53 Å². The maximum absolute atomic E-state index is 12.9. The molecule has 0 spiro atoms. The van der Waals surface area contributed by atoms with Crippen LogP contribution in [-0.4, -0.2) is 27.3 Å². The summed E-state index contributed by atoms with van der Waals surface area (Å²) in [4.78, 5) is 17.4. The number of ether oxygens (including phenoxy) is 1. The molecule has 4 rings (SSSR count). The molecule has 1 N–H and O–H groups in total. The lowest BCUT2D eigenvalue weighted by molar-refractivity contribution is 0.101. The Morgan fingerprint density at radius 3 is 2.34 bits per heavy atom. The number of anilines is 1. The molecule has 1 heterocycles. The molecule has 9 heteroatoms. The van der Waals surface area contributed by atoms with E-state index >= 15 is 0 Å². The van der Waals surface area contributed by atoms with Gasteiger partial charge in [0, 0.05) is 16.3 Å². The van der Waals surface area contributed by atoms with E-state index in [1.165, 1.54) is 0 Å². The SMILES string of the molecule is CCOc1ccc(-n2nc(C(=O)Nc3ccc(Cl)c(Cl)c3)nc2-c2ccc(Cl)cc2)cc1. The number of halogens is 3. The molecule has 162 valence electrons. The fourth-order valence-corrected chi connectivity index (χ4v) is 3.41. The Morgan fingerprint density at radius 1 is 0.969 bits per heavy atom. The fraction of sp³-hybridized carbons (Fsp3) is 0.0870. The van der Waals surface area contributed by atoms with Crippen LogP contribution in [-0.2, 0) is 0 Å². The average Bonchev–Trinajstić information content (AvgIpc) is 3.23. The van der Waals surface area contributed by atoms with Gasteiger partial charge in [-0.25, -0.2) is 9.67 Å². The first-order chi connectivity index (χ1) is 15.4. The molecule has 1 aromatic heterocycles. The predicted octanol–water partition coefficient (Wildman–Crippen LogP) is 6.55. The van der Waals surface area contributed by atoms with Gasteiger partial charge in [0.1, 0.15) is 5.75 Å². The zero-order valence-electron chi connectivity index (χ0n) is 16.8. The third kappa shape index (κ3) is 4.88. The van der Waals surface area contributed by atoms with Gasteiger partial charge in [-0.1, -0.05) is 34.8 Å². The van der Waals surface area contributed by atoms with Crippen molar-refractivity contribution in [1.82, 2.24) is 14.8 Å². The molecule has 0 saturated heterocycles. The summed E-state index contributed by atoms with van der Waals surface area (Å²) in [7, 11) is 0. The topological polar surface area (TPSA) is 69.0 Å². The molecule has 0 aliphatic rings. The first kappa shape index (κ1) is 22.1. The van der Waals surface area contributed by atoms with Crippen LogP contribution >= 0.6 is 34.8 Å². The molecule has 0 bridgehead atoms. The van der Waals surface area contributed by atoms with Gasteiger partial charge in [0.2, 0.25) is 5.82 Å². The fourth-order valence-electron chi connectivity index (χ4n) is 2.99. The number of hydrogen-bond acceptors (Lipinski definition) is 4. The van der Waals surface area contributed by atoms with Gasteiger partial charge in [-0.3, -0.25) is 4.79 Å². The largest absolute Gasteiger partial charge is 0.494 e. The Labute approximate surface area is 199 Å². The van der Waals surface area contributed by atoms with Crippen LogP contribution in [0.2, 0.25) is 15.1 Å². The van der Waals surface area contributed by atoms with Crippen molar-refractivity contribution in [2.75, 3.05) is 11.9 Å². The quantitative estimate of drug-likeness (QED) is 0.335. The zero-order chi connectivity index (χ0) is 22.7. The van der Waals surface area contributed by atoms with Crippen LogP contribution < -0.4 is 10.1 Å². The summed E-state index contributed by atoms with van der Waals surface area (Å²) in [5.41, 5.74) is 1.96. The lowest BCUT2D eigenvalue weighted by atomic mass is 10.2. The molecule has 0 fully saturated rings. The van der Waals surface area contributed by atoms with Crippen molar-refractivity contribution in [3.8, 4) is 22.8 Å². The number of rotatable bonds is 6. The van der Waals surface area contributed by atoms with E-state index in [0.29, 0.717) is 33.2 Å². The monoisotopic (exact) mass is 486 g/mol. The second kappa shape index (κ2) is 9.61. The first-order valence-corrected chi connectivity index (χ1v) is 10.8. The molecule has 1 amide bonds. The molecule has 4 aromatic rings. The van der Waals surface area contributed by atoms with Gasteiger partial charge in [-0.15, -0.1) is 5.10 Å². The number of nitrogens with zero attached hydrogens (tertiary/aromatic N) is 3. The zero-order valence-corrected chi connectivity index (χ0v) is 19.1. The van der Waals surface area contributed by atoms with Gasteiger partial charge in [0.05, 0.1) is 22.3 Å². The van der Waals surface area contributed by atoms with Crippen LogP contribution in [0.5, 0.6) is 5.75 Å². The van der Waals surface area contributed by atoms with Crippen molar-refractivity contribution >= 4 is 46.4 Å². The Kier molecular flexibility index (Phi) is 6.65. The smallest absolute Gasteiger partial charge is 0.295 e. The normalized spacial score (nSPS) is 10.8. The van der Waals surface area contributed by atoms with E-state index in [1.807, 2.05) is 43.3 Å². The third-order valence-corrected chi connectivity index (χ3v) is 5.47. The molecule has 6 nitrogen and oxygen atoms in total. The molecule has 3 aromatic carbocycles. The van der Waals surface area contributed by atoms with E-state index < -0.39 is 5.91 Å². The number of carbonyl (C=O) groups is 1. The number of amides is 1. The summed E-state index contributed by atoms with van der Waals surface area (Å²) in [6.45, 7) is 2.49. The summed E-state index contributed by atoms with van der Waals surface area (Å²) in [5, 5.41) is 8.52. The molecule has 0 saturated carbocycles. The van der Waals surface area contributed by atoms with Crippen LogP contribution in [0.15, 0.2) is 66.7 Å². The van der Waals surface area contributed by atoms with E-state index in [9.17, 15) is 4.79 Å². The molecule has 0 radical (unpaired) electrons. The number of aromatic nitrogens is 3. The minimum atomic E-state index is -0.483. The minimum Gasteiger partial charge on any atom is -0.494 e. The number of nitrogens with one attached hydrogen (secondary N) is 1. The number of benzene rings is 3. The third-order valence-electron chi connectivity index (χ3n) is 4.48. The van der Waals surface area contributed by atoms with Crippen LogP contribution in [0.25, 0.3) is 17.1 Å². The van der Waals surface area contributed by atoms with Gasteiger partial charge in [-0.05, 0) is 73.7 Å². The van der Waals surface area contributed by atoms with Crippen LogP contribution in [0, 0.1) is 0 Å². The molecule has 0 aliphatic heterocycles. The Hall–Kier alpha value is -3.06. The summed E-state index contributed by atoms with van der Waals surface area (Å²) < 4.78 is 7.11. The van der Waals surface area contributed by atoms with Gasteiger partial charge < -0.3 is 10.1 Å². The highest BCUT2D eigenvalue weighted by Crippen LogP contribution is 2.27. The van der Waals surface area contributed by atoms with Gasteiger partial charge in [-0.2, -0.15) is 0 Å². The summed E-state index contributed by atoms with van der Waals surface area (Å²) >= 11 is 18.0. The molecular formula is C23H17Cl3N4O2. The van der Waals surface area contributed by atoms with Crippen LogP contribution in [0.4, 0.5) is 5.69 Å². The van der Waals surface area contributed by atoms with Crippen molar-refractivity contribution in [2.45, 2.75) is 6.92 Å². The molecular weight excluding hydrogens is 471 g/mol. The van der Waals surface area contributed by atoms with Crippen molar-refractivity contribution in [3.63, 3.8) is 0 Å². The molecule has 0 unspecified atom stereocenters. The second-order valence-corrected chi connectivity index (χ2v) is 7.94. The minimum absolute atomic E-state index is 0.00472. The predicted molar refractivity (Wildman–Crippen MR) is 127 cm³/mol.